The Hall–Kier alpha value is -0.900. The smallest absolute Gasteiger partial charge is 0.223 e. The van der Waals surface area contributed by atoms with Crippen LogP contribution in [0.15, 0.2) is 11.7 Å². The molecule has 70 valence electrons. The highest BCUT2D eigenvalue weighted by Crippen LogP contribution is 2.34. The Kier molecular flexibility index (Phi) is 2.07. The Morgan fingerprint density at radius 3 is 2.77 bits per heavy atom. The van der Waals surface area contributed by atoms with Crippen molar-refractivity contribution < 1.29 is 4.79 Å². The van der Waals surface area contributed by atoms with Gasteiger partial charge in [0.15, 0.2) is 0 Å². The summed E-state index contributed by atoms with van der Waals surface area (Å²) in [5.41, 5.74) is 1.82. The van der Waals surface area contributed by atoms with E-state index in [4.69, 9.17) is 0 Å². The van der Waals surface area contributed by atoms with Crippen LogP contribution in [0.4, 0.5) is 0 Å². The predicted molar refractivity (Wildman–Crippen MR) is 51.6 cm³/mol. The summed E-state index contributed by atoms with van der Waals surface area (Å²) in [6.07, 6.45) is 1.86. The molecule has 1 saturated heterocycles. The van der Waals surface area contributed by atoms with Gasteiger partial charge in [-0.05, 0) is 6.92 Å². The number of rotatable bonds is 1. The number of hydrogen-bond donors (Lipinski definition) is 1. The molecule has 1 fully saturated rings. The van der Waals surface area contributed by atoms with Crippen molar-refractivity contribution in [1.29, 1.82) is 0 Å². The molecule has 1 aliphatic rings. The number of carbonyl (C=O) groups excluding carboxylic acids is 1. The van der Waals surface area contributed by atoms with Crippen LogP contribution in [0.3, 0.4) is 0 Å². The van der Waals surface area contributed by atoms with Crippen LogP contribution in [0.25, 0.3) is 0 Å². The van der Waals surface area contributed by atoms with E-state index in [-0.39, 0.29) is 17.9 Å². The molecule has 4 heteroatoms. The Morgan fingerprint density at radius 1 is 1.54 bits per heavy atom. The van der Waals surface area contributed by atoms with Gasteiger partial charge in [0.05, 0.1) is 5.51 Å². The number of carbonyl (C=O) groups is 1. The first kappa shape index (κ1) is 8.69. The summed E-state index contributed by atoms with van der Waals surface area (Å²) in [6.45, 7) is 4.02. The fourth-order valence-electron chi connectivity index (χ4n) is 1.92. The second kappa shape index (κ2) is 3.10. The maximum atomic E-state index is 11.4. The fourth-order valence-corrected chi connectivity index (χ4v) is 2.86. The summed E-state index contributed by atoms with van der Waals surface area (Å²) >= 11 is 1.63. The lowest BCUT2D eigenvalue weighted by Crippen LogP contribution is -2.24. The topological polar surface area (TPSA) is 42.0 Å². The van der Waals surface area contributed by atoms with E-state index in [1.807, 2.05) is 25.6 Å². The summed E-state index contributed by atoms with van der Waals surface area (Å²) in [5, 5.41) is 2.94. The summed E-state index contributed by atoms with van der Waals surface area (Å²) in [5.74, 6) is 0.543. The second-order valence-electron chi connectivity index (χ2n) is 3.52. The normalized spacial score (nSPS) is 33.4. The Balaban J connectivity index is 2.29. The zero-order valence-electron chi connectivity index (χ0n) is 7.65. The molecule has 13 heavy (non-hydrogen) atoms. The number of thiazole rings is 1. The summed E-state index contributed by atoms with van der Waals surface area (Å²) in [4.78, 5) is 16.6. The van der Waals surface area contributed by atoms with E-state index in [1.165, 1.54) is 4.88 Å². The molecule has 3 atom stereocenters. The van der Waals surface area contributed by atoms with Gasteiger partial charge in [0, 0.05) is 29.0 Å². The number of hydrogen-bond acceptors (Lipinski definition) is 3. The number of nitrogens with zero attached hydrogens (tertiary/aromatic N) is 1. The van der Waals surface area contributed by atoms with Crippen molar-refractivity contribution in [1.82, 2.24) is 10.3 Å². The molecule has 3 unspecified atom stereocenters. The monoisotopic (exact) mass is 196 g/mol. The van der Waals surface area contributed by atoms with Gasteiger partial charge in [-0.1, -0.05) is 6.92 Å². The first-order valence-corrected chi connectivity index (χ1v) is 5.27. The van der Waals surface area contributed by atoms with Crippen LogP contribution in [-0.2, 0) is 4.79 Å². The van der Waals surface area contributed by atoms with E-state index >= 15 is 0 Å². The SMILES string of the molecule is CC1NC(=O)C(C)C1c1cncs1. The molecule has 1 aliphatic heterocycles. The molecule has 1 aromatic heterocycles. The highest BCUT2D eigenvalue weighted by Gasteiger charge is 2.38. The van der Waals surface area contributed by atoms with Gasteiger partial charge in [-0.2, -0.15) is 0 Å². The molecular formula is C9H12N2OS. The molecule has 2 heterocycles. The van der Waals surface area contributed by atoms with Crippen LogP contribution in [0.1, 0.15) is 24.6 Å². The van der Waals surface area contributed by atoms with Gasteiger partial charge in [0.2, 0.25) is 5.91 Å². The van der Waals surface area contributed by atoms with Crippen LogP contribution in [-0.4, -0.2) is 16.9 Å². The fraction of sp³-hybridized carbons (Fsp3) is 0.556. The lowest BCUT2D eigenvalue weighted by Gasteiger charge is -2.14. The molecule has 1 aromatic rings. The minimum Gasteiger partial charge on any atom is -0.353 e. The largest absolute Gasteiger partial charge is 0.353 e. The maximum absolute atomic E-state index is 11.4. The lowest BCUT2D eigenvalue weighted by atomic mass is 9.91. The van der Waals surface area contributed by atoms with E-state index in [1.54, 1.807) is 11.3 Å². The lowest BCUT2D eigenvalue weighted by molar-refractivity contribution is -0.122. The Morgan fingerprint density at radius 2 is 2.31 bits per heavy atom. The number of aromatic nitrogens is 1. The van der Waals surface area contributed by atoms with Crippen LogP contribution in [0, 0.1) is 5.92 Å². The van der Waals surface area contributed by atoms with Crippen molar-refractivity contribution in [3.63, 3.8) is 0 Å². The molecule has 3 nitrogen and oxygen atoms in total. The van der Waals surface area contributed by atoms with Gasteiger partial charge in [-0.3, -0.25) is 9.78 Å². The molecule has 0 aliphatic carbocycles. The summed E-state index contributed by atoms with van der Waals surface area (Å²) in [7, 11) is 0. The van der Waals surface area contributed by atoms with Crippen LogP contribution < -0.4 is 5.32 Å². The summed E-state index contributed by atoms with van der Waals surface area (Å²) < 4.78 is 0. The van der Waals surface area contributed by atoms with Gasteiger partial charge in [0.25, 0.3) is 0 Å². The molecule has 0 spiro atoms. The van der Waals surface area contributed by atoms with Crippen molar-refractivity contribution in [3.05, 3.63) is 16.6 Å². The van der Waals surface area contributed by atoms with Crippen LogP contribution in [0.5, 0.6) is 0 Å². The van der Waals surface area contributed by atoms with Crippen LogP contribution in [0.2, 0.25) is 0 Å². The van der Waals surface area contributed by atoms with E-state index in [0.29, 0.717) is 5.92 Å². The van der Waals surface area contributed by atoms with Gasteiger partial charge in [-0.15, -0.1) is 11.3 Å². The quantitative estimate of drug-likeness (QED) is 0.737. The minimum absolute atomic E-state index is 0.0791. The first-order chi connectivity index (χ1) is 6.20. The number of nitrogens with one attached hydrogen (secondary N) is 1. The van der Waals surface area contributed by atoms with Crippen molar-refractivity contribution >= 4 is 17.2 Å². The highest BCUT2D eigenvalue weighted by molar-refractivity contribution is 7.09. The van der Waals surface area contributed by atoms with Gasteiger partial charge in [-0.25, -0.2) is 0 Å². The van der Waals surface area contributed by atoms with E-state index in [0.717, 1.165) is 0 Å². The maximum Gasteiger partial charge on any atom is 0.223 e. The van der Waals surface area contributed by atoms with Gasteiger partial charge in [0.1, 0.15) is 0 Å². The first-order valence-electron chi connectivity index (χ1n) is 4.39. The van der Waals surface area contributed by atoms with E-state index < -0.39 is 0 Å². The molecule has 0 saturated carbocycles. The summed E-state index contributed by atoms with van der Waals surface area (Å²) in [6, 6.07) is 0.239. The molecule has 0 bridgehead atoms. The van der Waals surface area contributed by atoms with Gasteiger partial charge >= 0.3 is 0 Å². The molecule has 0 aromatic carbocycles. The average molecular weight is 196 g/mol. The Bertz CT molecular complexity index is 309. The third kappa shape index (κ3) is 1.35. The Labute approximate surface area is 81.2 Å². The molecular weight excluding hydrogens is 184 g/mol. The second-order valence-corrected chi connectivity index (χ2v) is 4.43. The van der Waals surface area contributed by atoms with Crippen molar-refractivity contribution in [2.75, 3.05) is 0 Å². The van der Waals surface area contributed by atoms with E-state index in [9.17, 15) is 4.79 Å². The standard InChI is InChI=1S/C9H12N2OS/c1-5-8(6(2)11-9(5)12)7-3-10-4-13-7/h3-6,8H,1-2H3,(H,11,12). The third-order valence-electron chi connectivity index (χ3n) is 2.64. The highest BCUT2D eigenvalue weighted by atomic mass is 32.1. The molecule has 0 radical (unpaired) electrons. The molecule has 2 rings (SSSR count). The predicted octanol–water partition coefficient (Wildman–Crippen LogP) is 1.38. The minimum atomic E-state index is 0.0791. The average Bonchev–Trinajstić information content (AvgIpc) is 2.63. The third-order valence-corrected chi connectivity index (χ3v) is 3.52. The van der Waals surface area contributed by atoms with Crippen LogP contribution >= 0.6 is 11.3 Å². The van der Waals surface area contributed by atoms with Gasteiger partial charge < -0.3 is 5.32 Å². The molecule has 1 amide bonds. The molecule has 1 N–H and O–H groups in total. The van der Waals surface area contributed by atoms with Crippen molar-refractivity contribution in [2.45, 2.75) is 25.8 Å². The van der Waals surface area contributed by atoms with Crippen molar-refractivity contribution in [2.24, 2.45) is 5.92 Å². The van der Waals surface area contributed by atoms with Crippen molar-refractivity contribution in [3.8, 4) is 0 Å². The zero-order chi connectivity index (χ0) is 9.42. The number of amides is 1. The zero-order valence-corrected chi connectivity index (χ0v) is 8.47. The van der Waals surface area contributed by atoms with E-state index in [2.05, 4.69) is 10.3 Å².